The van der Waals surface area contributed by atoms with Gasteiger partial charge in [0, 0.05) is 13.1 Å². The van der Waals surface area contributed by atoms with Crippen molar-refractivity contribution >= 4 is 6.09 Å². The number of nitrogens with one attached hydrogen (secondary N) is 2. The quantitative estimate of drug-likeness (QED) is 0.718. The molecule has 0 aromatic carbocycles. The summed E-state index contributed by atoms with van der Waals surface area (Å²) in [6.07, 6.45) is 6.55. The van der Waals surface area contributed by atoms with Gasteiger partial charge in [0.2, 0.25) is 0 Å². The number of rotatable bonds is 6. The molecule has 0 unspecified atom stereocenters. The second-order valence-corrected chi connectivity index (χ2v) is 6.12. The first-order valence-electron chi connectivity index (χ1n) is 7.15. The molecular weight excluding hydrogens is 228 g/mol. The number of hydrogen-bond acceptors (Lipinski definition) is 3. The van der Waals surface area contributed by atoms with E-state index in [0.717, 1.165) is 19.0 Å². The van der Waals surface area contributed by atoms with E-state index in [4.69, 9.17) is 4.74 Å². The first kappa shape index (κ1) is 15.3. The second kappa shape index (κ2) is 7.62. The van der Waals surface area contributed by atoms with E-state index in [1.54, 1.807) is 0 Å². The van der Waals surface area contributed by atoms with Gasteiger partial charge in [-0.2, -0.15) is 0 Å². The number of ether oxygens (including phenoxy) is 1. The van der Waals surface area contributed by atoms with Gasteiger partial charge < -0.3 is 15.4 Å². The summed E-state index contributed by atoms with van der Waals surface area (Å²) < 4.78 is 5.15. The van der Waals surface area contributed by atoms with Crippen LogP contribution in [-0.4, -0.2) is 31.3 Å². The zero-order valence-corrected chi connectivity index (χ0v) is 12.1. The van der Waals surface area contributed by atoms with Crippen molar-refractivity contribution in [2.75, 3.05) is 19.6 Å². The lowest BCUT2D eigenvalue weighted by atomic mass is 10.0. The molecular formula is C14H28N2O2. The highest BCUT2D eigenvalue weighted by atomic mass is 16.6. The zero-order valence-electron chi connectivity index (χ0n) is 12.1. The smallest absolute Gasteiger partial charge is 0.407 e. The van der Waals surface area contributed by atoms with Gasteiger partial charge in [0.05, 0.1) is 0 Å². The van der Waals surface area contributed by atoms with E-state index in [1.165, 1.54) is 32.1 Å². The summed E-state index contributed by atoms with van der Waals surface area (Å²) in [5.74, 6) is 0.927. The molecule has 4 heteroatoms. The van der Waals surface area contributed by atoms with E-state index in [1.807, 2.05) is 20.8 Å². The largest absolute Gasteiger partial charge is 0.444 e. The van der Waals surface area contributed by atoms with Gasteiger partial charge >= 0.3 is 6.09 Å². The van der Waals surface area contributed by atoms with Gasteiger partial charge in [0.1, 0.15) is 5.60 Å². The molecule has 1 saturated carbocycles. The van der Waals surface area contributed by atoms with Gasteiger partial charge in [-0.25, -0.2) is 4.79 Å². The molecule has 106 valence electrons. The number of carbonyl (C=O) groups is 1. The topological polar surface area (TPSA) is 50.4 Å². The fourth-order valence-corrected chi connectivity index (χ4v) is 2.30. The average Bonchev–Trinajstić information content (AvgIpc) is 2.73. The van der Waals surface area contributed by atoms with E-state index in [-0.39, 0.29) is 6.09 Å². The summed E-state index contributed by atoms with van der Waals surface area (Å²) >= 11 is 0. The van der Waals surface area contributed by atoms with Crippen LogP contribution in [0.3, 0.4) is 0 Å². The van der Waals surface area contributed by atoms with Gasteiger partial charge in [-0.15, -0.1) is 0 Å². The number of alkyl carbamates (subject to hydrolysis) is 1. The molecule has 0 saturated heterocycles. The van der Waals surface area contributed by atoms with Crippen LogP contribution in [0, 0.1) is 5.92 Å². The summed E-state index contributed by atoms with van der Waals surface area (Å²) in [6, 6.07) is 0. The molecule has 0 aromatic heterocycles. The van der Waals surface area contributed by atoms with Gasteiger partial charge in [-0.1, -0.05) is 25.7 Å². The minimum absolute atomic E-state index is 0.333. The van der Waals surface area contributed by atoms with Crippen molar-refractivity contribution in [3.63, 3.8) is 0 Å². The molecule has 0 radical (unpaired) electrons. The normalized spacial score (nSPS) is 16.8. The Morgan fingerprint density at radius 3 is 2.44 bits per heavy atom. The summed E-state index contributed by atoms with van der Waals surface area (Å²) in [5.41, 5.74) is -0.417. The van der Waals surface area contributed by atoms with Crippen molar-refractivity contribution < 1.29 is 9.53 Å². The zero-order chi connectivity index (χ0) is 13.4. The SMILES string of the molecule is CC(C)(C)OC(=O)NCCNCCC1CCCC1. The standard InChI is InChI=1S/C14H28N2O2/c1-14(2,3)18-13(17)16-11-10-15-9-8-12-6-4-5-7-12/h12,15H,4-11H2,1-3H3,(H,16,17). The van der Waals surface area contributed by atoms with Crippen LogP contribution in [0.25, 0.3) is 0 Å². The molecule has 2 N–H and O–H groups in total. The summed E-state index contributed by atoms with van der Waals surface area (Å²) in [7, 11) is 0. The van der Waals surface area contributed by atoms with Gasteiger partial charge in [-0.05, 0) is 39.7 Å². The minimum Gasteiger partial charge on any atom is -0.444 e. The number of hydrogen-bond donors (Lipinski definition) is 2. The maximum Gasteiger partial charge on any atom is 0.407 e. The van der Waals surface area contributed by atoms with Crippen molar-refractivity contribution in [3.05, 3.63) is 0 Å². The summed E-state index contributed by atoms with van der Waals surface area (Å²) in [4.78, 5) is 11.3. The van der Waals surface area contributed by atoms with Crippen molar-refractivity contribution in [1.82, 2.24) is 10.6 Å². The third kappa shape index (κ3) is 7.54. The molecule has 0 aliphatic heterocycles. The van der Waals surface area contributed by atoms with Crippen LogP contribution in [0.5, 0.6) is 0 Å². The Balaban J connectivity index is 1.90. The van der Waals surface area contributed by atoms with E-state index in [2.05, 4.69) is 10.6 Å². The second-order valence-electron chi connectivity index (χ2n) is 6.12. The first-order chi connectivity index (χ1) is 8.47. The molecule has 18 heavy (non-hydrogen) atoms. The highest BCUT2D eigenvalue weighted by Crippen LogP contribution is 2.26. The Hall–Kier alpha value is -0.770. The average molecular weight is 256 g/mol. The Bertz CT molecular complexity index is 243. The lowest BCUT2D eigenvalue weighted by Crippen LogP contribution is -2.36. The van der Waals surface area contributed by atoms with E-state index < -0.39 is 5.60 Å². The summed E-state index contributed by atoms with van der Waals surface area (Å²) in [6.45, 7) is 8.09. The Labute approximate surface area is 111 Å². The van der Waals surface area contributed by atoms with Crippen LogP contribution < -0.4 is 10.6 Å². The van der Waals surface area contributed by atoms with Crippen LogP contribution in [0.4, 0.5) is 4.79 Å². The van der Waals surface area contributed by atoms with Crippen LogP contribution in [0.2, 0.25) is 0 Å². The molecule has 0 aromatic rings. The third-order valence-electron chi connectivity index (χ3n) is 3.17. The van der Waals surface area contributed by atoms with Crippen LogP contribution in [0.15, 0.2) is 0 Å². The van der Waals surface area contributed by atoms with Gasteiger partial charge in [0.15, 0.2) is 0 Å². The molecule has 0 atom stereocenters. The van der Waals surface area contributed by atoms with Gasteiger partial charge in [0.25, 0.3) is 0 Å². The van der Waals surface area contributed by atoms with E-state index in [9.17, 15) is 4.79 Å². The minimum atomic E-state index is -0.417. The molecule has 0 bridgehead atoms. The first-order valence-corrected chi connectivity index (χ1v) is 7.15. The lowest BCUT2D eigenvalue weighted by Gasteiger charge is -2.19. The Morgan fingerprint density at radius 1 is 1.17 bits per heavy atom. The molecule has 0 heterocycles. The van der Waals surface area contributed by atoms with Crippen molar-refractivity contribution in [1.29, 1.82) is 0 Å². The molecule has 4 nitrogen and oxygen atoms in total. The third-order valence-corrected chi connectivity index (χ3v) is 3.17. The van der Waals surface area contributed by atoms with Crippen molar-refractivity contribution in [2.24, 2.45) is 5.92 Å². The van der Waals surface area contributed by atoms with Gasteiger partial charge in [-0.3, -0.25) is 0 Å². The lowest BCUT2D eigenvalue weighted by molar-refractivity contribution is 0.0528. The highest BCUT2D eigenvalue weighted by Gasteiger charge is 2.15. The van der Waals surface area contributed by atoms with Crippen LogP contribution in [0.1, 0.15) is 52.9 Å². The molecule has 1 aliphatic rings. The fourth-order valence-electron chi connectivity index (χ4n) is 2.30. The molecule has 0 spiro atoms. The van der Waals surface area contributed by atoms with Crippen molar-refractivity contribution in [3.8, 4) is 0 Å². The molecule has 1 amide bonds. The highest BCUT2D eigenvalue weighted by molar-refractivity contribution is 5.67. The Morgan fingerprint density at radius 2 is 1.83 bits per heavy atom. The summed E-state index contributed by atoms with van der Waals surface area (Å²) in [5, 5.41) is 6.10. The number of carbonyl (C=O) groups excluding carboxylic acids is 1. The van der Waals surface area contributed by atoms with E-state index >= 15 is 0 Å². The predicted octanol–water partition coefficient (Wildman–Crippen LogP) is 2.68. The fraction of sp³-hybridized carbons (Fsp3) is 0.929. The van der Waals surface area contributed by atoms with Crippen molar-refractivity contribution in [2.45, 2.75) is 58.5 Å². The van der Waals surface area contributed by atoms with Crippen LogP contribution >= 0.6 is 0 Å². The maximum absolute atomic E-state index is 11.3. The number of amides is 1. The van der Waals surface area contributed by atoms with Crippen LogP contribution in [-0.2, 0) is 4.74 Å². The molecule has 1 fully saturated rings. The monoisotopic (exact) mass is 256 g/mol. The molecule has 1 aliphatic carbocycles. The predicted molar refractivity (Wildman–Crippen MR) is 73.7 cm³/mol. The Kier molecular flexibility index (Phi) is 6.47. The molecule has 1 rings (SSSR count). The van der Waals surface area contributed by atoms with E-state index in [0.29, 0.717) is 6.54 Å². The maximum atomic E-state index is 11.3.